The van der Waals surface area contributed by atoms with Crippen molar-refractivity contribution in [3.8, 4) is 5.75 Å². The van der Waals surface area contributed by atoms with E-state index in [1.165, 1.54) is 21.6 Å². The van der Waals surface area contributed by atoms with Crippen LogP contribution in [0, 0.1) is 0 Å². The number of carbonyl (C=O) groups excluding carboxylic acids is 2. The van der Waals surface area contributed by atoms with Crippen LogP contribution in [-0.4, -0.2) is 29.5 Å². The number of ether oxygens (including phenoxy) is 1. The number of pyridine rings is 1. The lowest BCUT2D eigenvalue weighted by Gasteiger charge is -2.28. The molecule has 1 aliphatic rings. The predicted molar refractivity (Wildman–Crippen MR) is 114 cm³/mol. The van der Waals surface area contributed by atoms with Crippen LogP contribution >= 0.6 is 11.6 Å². The van der Waals surface area contributed by atoms with Crippen molar-refractivity contribution in [1.82, 2.24) is 4.57 Å². The van der Waals surface area contributed by atoms with E-state index in [2.05, 4.69) is 5.32 Å². The fourth-order valence-corrected chi connectivity index (χ4v) is 3.41. The van der Waals surface area contributed by atoms with Crippen LogP contribution in [-0.2, 0) is 16.1 Å². The molecule has 2 amide bonds. The third-order valence-corrected chi connectivity index (χ3v) is 5.04. The molecule has 3 aromatic rings. The van der Waals surface area contributed by atoms with Gasteiger partial charge in [0, 0.05) is 17.3 Å². The predicted octanol–water partition coefficient (Wildman–Crippen LogP) is 2.91. The molecular formula is C22H18ClN3O4. The SMILES string of the molecule is O=C(CN1C(=O)COc2ccccc21)Nc1ccc(=O)n(Cc2ccccc2Cl)c1. The fraction of sp³-hybridized carbons (Fsp3) is 0.136. The van der Waals surface area contributed by atoms with Crippen molar-refractivity contribution in [2.75, 3.05) is 23.4 Å². The summed E-state index contributed by atoms with van der Waals surface area (Å²) in [6.45, 7) is -0.00655. The molecule has 0 spiro atoms. The van der Waals surface area contributed by atoms with Gasteiger partial charge in [-0.2, -0.15) is 0 Å². The van der Waals surface area contributed by atoms with Crippen LogP contribution < -0.4 is 20.5 Å². The number of fused-ring (bicyclic) bond motifs is 1. The number of hydrogen-bond donors (Lipinski definition) is 1. The molecule has 0 saturated carbocycles. The third kappa shape index (κ3) is 4.21. The van der Waals surface area contributed by atoms with E-state index in [1.807, 2.05) is 18.2 Å². The van der Waals surface area contributed by atoms with E-state index in [-0.39, 0.29) is 37.1 Å². The van der Waals surface area contributed by atoms with Crippen molar-refractivity contribution in [2.45, 2.75) is 6.54 Å². The Hall–Kier alpha value is -3.58. The molecule has 1 N–H and O–H groups in total. The van der Waals surface area contributed by atoms with Crippen LogP contribution in [0.5, 0.6) is 5.75 Å². The molecule has 0 aliphatic carbocycles. The maximum Gasteiger partial charge on any atom is 0.265 e. The number of halogens is 1. The molecule has 0 bridgehead atoms. The van der Waals surface area contributed by atoms with E-state index in [0.29, 0.717) is 22.1 Å². The molecular weight excluding hydrogens is 406 g/mol. The Morgan fingerprint density at radius 3 is 2.63 bits per heavy atom. The Morgan fingerprint density at radius 2 is 1.80 bits per heavy atom. The van der Waals surface area contributed by atoms with Gasteiger partial charge in [0.25, 0.3) is 11.5 Å². The minimum Gasteiger partial charge on any atom is -0.482 e. The summed E-state index contributed by atoms with van der Waals surface area (Å²) in [5, 5.41) is 3.30. The van der Waals surface area contributed by atoms with Gasteiger partial charge in [-0.1, -0.05) is 41.9 Å². The van der Waals surface area contributed by atoms with Crippen molar-refractivity contribution in [3.63, 3.8) is 0 Å². The van der Waals surface area contributed by atoms with Crippen molar-refractivity contribution in [3.05, 3.63) is 87.8 Å². The Labute approximate surface area is 177 Å². The first-order valence-electron chi connectivity index (χ1n) is 9.27. The molecule has 1 aliphatic heterocycles. The monoisotopic (exact) mass is 423 g/mol. The van der Waals surface area contributed by atoms with E-state index in [9.17, 15) is 14.4 Å². The van der Waals surface area contributed by atoms with Gasteiger partial charge in [0.2, 0.25) is 5.91 Å². The zero-order chi connectivity index (χ0) is 21.1. The summed E-state index contributed by atoms with van der Waals surface area (Å²) in [7, 11) is 0. The van der Waals surface area contributed by atoms with Gasteiger partial charge in [0.15, 0.2) is 6.61 Å². The molecule has 0 radical (unpaired) electrons. The summed E-state index contributed by atoms with van der Waals surface area (Å²) in [5.74, 6) is -0.131. The quantitative estimate of drug-likeness (QED) is 0.684. The molecule has 8 heteroatoms. The number of rotatable bonds is 5. The van der Waals surface area contributed by atoms with E-state index < -0.39 is 0 Å². The second kappa shape index (κ2) is 8.42. The zero-order valence-electron chi connectivity index (χ0n) is 15.9. The normalized spacial score (nSPS) is 12.8. The summed E-state index contributed by atoms with van der Waals surface area (Å²) in [5.41, 5.74) is 1.57. The van der Waals surface area contributed by atoms with Crippen LogP contribution in [0.25, 0.3) is 0 Å². The largest absolute Gasteiger partial charge is 0.482 e. The molecule has 1 aromatic heterocycles. The number of benzene rings is 2. The van der Waals surface area contributed by atoms with Crippen LogP contribution in [0.15, 0.2) is 71.7 Å². The molecule has 2 heterocycles. The van der Waals surface area contributed by atoms with Crippen LogP contribution in [0.3, 0.4) is 0 Å². The fourth-order valence-electron chi connectivity index (χ4n) is 3.21. The second-order valence-corrected chi connectivity index (χ2v) is 7.17. The lowest BCUT2D eigenvalue weighted by Crippen LogP contribution is -2.43. The molecule has 152 valence electrons. The number of anilines is 2. The molecule has 0 saturated heterocycles. The van der Waals surface area contributed by atoms with E-state index in [0.717, 1.165) is 5.56 Å². The van der Waals surface area contributed by atoms with Crippen LogP contribution in [0.1, 0.15) is 5.56 Å². The Balaban J connectivity index is 1.50. The average Bonchev–Trinajstić information content (AvgIpc) is 2.74. The van der Waals surface area contributed by atoms with E-state index in [4.69, 9.17) is 16.3 Å². The zero-order valence-corrected chi connectivity index (χ0v) is 16.6. The molecule has 7 nitrogen and oxygen atoms in total. The Bertz CT molecular complexity index is 1170. The molecule has 0 atom stereocenters. The Morgan fingerprint density at radius 1 is 1.03 bits per heavy atom. The number of amides is 2. The lowest BCUT2D eigenvalue weighted by atomic mass is 10.2. The summed E-state index contributed by atoms with van der Waals surface area (Å²) in [6, 6.07) is 17.2. The minimum atomic E-state index is -0.386. The van der Waals surface area contributed by atoms with Crippen molar-refractivity contribution in [2.24, 2.45) is 0 Å². The number of para-hydroxylation sites is 2. The van der Waals surface area contributed by atoms with E-state index >= 15 is 0 Å². The lowest BCUT2D eigenvalue weighted by molar-refractivity contribution is -0.123. The first-order valence-corrected chi connectivity index (χ1v) is 9.65. The maximum atomic E-state index is 12.6. The molecule has 0 unspecified atom stereocenters. The highest BCUT2D eigenvalue weighted by Crippen LogP contribution is 2.31. The van der Waals surface area contributed by atoms with Gasteiger partial charge in [0.05, 0.1) is 17.9 Å². The van der Waals surface area contributed by atoms with E-state index in [1.54, 1.807) is 36.5 Å². The number of aromatic nitrogens is 1. The first-order chi connectivity index (χ1) is 14.5. The van der Waals surface area contributed by atoms with Gasteiger partial charge in [0.1, 0.15) is 12.3 Å². The molecule has 0 fully saturated rings. The van der Waals surface area contributed by atoms with Gasteiger partial charge in [-0.3, -0.25) is 19.3 Å². The summed E-state index contributed by atoms with van der Waals surface area (Å²) < 4.78 is 6.85. The van der Waals surface area contributed by atoms with Crippen molar-refractivity contribution < 1.29 is 14.3 Å². The third-order valence-electron chi connectivity index (χ3n) is 4.68. The summed E-state index contributed by atoms with van der Waals surface area (Å²) >= 11 is 6.18. The smallest absolute Gasteiger partial charge is 0.265 e. The van der Waals surface area contributed by atoms with Gasteiger partial charge in [-0.15, -0.1) is 0 Å². The van der Waals surface area contributed by atoms with Gasteiger partial charge in [-0.05, 0) is 29.8 Å². The molecule has 30 heavy (non-hydrogen) atoms. The van der Waals surface area contributed by atoms with Gasteiger partial charge in [-0.25, -0.2) is 0 Å². The topological polar surface area (TPSA) is 80.6 Å². The number of carbonyl (C=O) groups is 2. The summed E-state index contributed by atoms with van der Waals surface area (Å²) in [4.78, 5) is 38.4. The average molecular weight is 424 g/mol. The van der Waals surface area contributed by atoms with Gasteiger partial charge < -0.3 is 14.6 Å². The maximum absolute atomic E-state index is 12.6. The van der Waals surface area contributed by atoms with Crippen LogP contribution in [0.4, 0.5) is 11.4 Å². The molecule has 2 aromatic carbocycles. The first kappa shape index (κ1) is 19.7. The number of nitrogens with one attached hydrogen (secondary N) is 1. The van der Waals surface area contributed by atoms with Crippen LogP contribution in [0.2, 0.25) is 5.02 Å². The second-order valence-electron chi connectivity index (χ2n) is 6.76. The van der Waals surface area contributed by atoms with Crippen molar-refractivity contribution in [1.29, 1.82) is 0 Å². The van der Waals surface area contributed by atoms with Crippen molar-refractivity contribution >= 4 is 34.8 Å². The summed E-state index contributed by atoms with van der Waals surface area (Å²) in [6.07, 6.45) is 1.55. The minimum absolute atomic E-state index is 0.118. The molecule has 4 rings (SSSR count). The highest BCUT2D eigenvalue weighted by Gasteiger charge is 2.27. The van der Waals surface area contributed by atoms with Gasteiger partial charge >= 0.3 is 0 Å². The standard InChI is InChI=1S/C22H18ClN3O4/c23-17-6-2-1-5-15(17)11-25-12-16(9-10-21(25)28)24-20(27)13-26-18-7-3-4-8-19(18)30-14-22(26)29/h1-10,12H,11,13-14H2,(H,24,27). The highest BCUT2D eigenvalue weighted by molar-refractivity contribution is 6.31. The number of nitrogens with zero attached hydrogens (tertiary/aromatic N) is 2. The number of hydrogen-bond acceptors (Lipinski definition) is 4. The Kier molecular flexibility index (Phi) is 5.54. The highest BCUT2D eigenvalue weighted by atomic mass is 35.5.